The van der Waals surface area contributed by atoms with E-state index in [1.807, 2.05) is 62.4 Å². The zero-order valence-electron chi connectivity index (χ0n) is 21.5. The van der Waals surface area contributed by atoms with E-state index in [-0.39, 0.29) is 23.1 Å². The van der Waals surface area contributed by atoms with E-state index in [0.29, 0.717) is 19.6 Å². The highest BCUT2D eigenvalue weighted by Crippen LogP contribution is 2.11. The minimum Gasteiger partial charge on any atom is -0.350 e. The van der Waals surface area contributed by atoms with Crippen molar-refractivity contribution in [2.24, 2.45) is 0 Å². The van der Waals surface area contributed by atoms with Crippen molar-refractivity contribution in [1.29, 1.82) is 0 Å². The fourth-order valence-electron chi connectivity index (χ4n) is 4.38. The van der Waals surface area contributed by atoms with Gasteiger partial charge in [-0.05, 0) is 25.0 Å². The number of piperazine rings is 1. The van der Waals surface area contributed by atoms with Crippen molar-refractivity contribution in [2.45, 2.75) is 26.4 Å². The van der Waals surface area contributed by atoms with Crippen LogP contribution in [0, 0.1) is 0 Å². The Hall–Kier alpha value is -3.97. The third-order valence-corrected chi connectivity index (χ3v) is 6.31. The van der Waals surface area contributed by atoms with Crippen LogP contribution < -0.4 is 10.7 Å². The van der Waals surface area contributed by atoms with Crippen LogP contribution in [-0.2, 0) is 6.54 Å². The number of benzene rings is 2. The smallest absolute Gasteiger partial charge is 0.259 e. The zero-order chi connectivity index (χ0) is 26.2. The van der Waals surface area contributed by atoms with Crippen LogP contribution in [0.4, 0.5) is 0 Å². The first-order chi connectivity index (χ1) is 17.9. The van der Waals surface area contributed by atoms with Gasteiger partial charge in [-0.25, -0.2) is 0 Å². The van der Waals surface area contributed by atoms with E-state index in [0.717, 1.165) is 30.8 Å². The Labute approximate surface area is 218 Å². The second kappa shape index (κ2) is 12.3. The lowest BCUT2D eigenvalue weighted by atomic mass is 10.1. The number of hydrogen-bond acceptors (Lipinski definition) is 4. The number of pyridine rings is 1. The van der Waals surface area contributed by atoms with E-state index in [9.17, 15) is 14.4 Å². The third-order valence-electron chi connectivity index (χ3n) is 6.31. The van der Waals surface area contributed by atoms with Crippen molar-refractivity contribution in [2.75, 3.05) is 32.7 Å². The highest BCUT2D eigenvalue weighted by atomic mass is 16.2. The molecule has 1 fully saturated rings. The maximum Gasteiger partial charge on any atom is 0.259 e. The summed E-state index contributed by atoms with van der Waals surface area (Å²) in [5, 5.41) is 2.78. The Bertz CT molecular complexity index is 1290. The molecule has 7 nitrogen and oxygen atoms in total. The predicted molar refractivity (Wildman–Crippen MR) is 147 cm³/mol. The SMILES string of the molecule is CC(C)NC(=O)c1cn(Cc2ccccc2)cc(C(=O)N2CCN(CC=Cc3ccccc3)CC2)c1=O. The average Bonchev–Trinajstić information content (AvgIpc) is 2.90. The number of aromatic nitrogens is 1. The molecule has 0 atom stereocenters. The summed E-state index contributed by atoms with van der Waals surface area (Å²) in [6.45, 7) is 7.41. The van der Waals surface area contributed by atoms with Crippen LogP contribution >= 0.6 is 0 Å². The fraction of sp³-hybridized carbons (Fsp3) is 0.300. The summed E-state index contributed by atoms with van der Waals surface area (Å²) >= 11 is 0. The second-order valence-corrected chi connectivity index (χ2v) is 9.61. The molecule has 2 heterocycles. The quantitative estimate of drug-likeness (QED) is 0.516. The topological polar surface area (TPSA) is 74.7 Å². The van der Waals surface area contributed by atoms with Crippen LogP contribution in [0.5, 0.6) is 0 Å². The molecule has 1 aliphatic heterocycles. The van der Waals surface area contributed by atoms with Crippen LogP contribution in [0.15, 0.2) is 83.9 Å². The van der Waals surface area contributed by atoms with Gasteiger partial charge in [-0.3, -0.25) is 19.3 Å². The summed E-state index contributed by atoms with van der Waals surface area (Å²) in [4.78, 5) is 43.6. The number of nitrogens with zero attached hydrogens (tertiary/aromatic N) is 3. The Morgan fingerprint density at radius 3 is 2.16 bits per heavy atom. The van der Waals surface area contributed by atoms with Gasteiger partial charge in [0.1, 0.15) is 11.1 Å². The van der Waals surface area contributed by atoms with E-state index in [4.69, 9.17) is 0 Å². The van der Waals surface area contributed by atoms with Crippen LogP contribution in [-0.4, -0.2) is 64.9 Å². The number of carbonyl (C=O) groups is 2. The molecule has 192 valence electrons. The van der Waals surface area contributed by atoms with Crippen LogP contribution in [0.1, 0.15) is 45.7 Å². The van der Waals surface area contributed by atoms with Gasteiger partial charge in [0.15, 0.2) is 0 Å². The van der Waals surface area contributed by atoms with E-state index < -0.39 is 11.3 Å². The molecule has 1 saturated heterocycles. The van der Waals surface area contributed by atoms with Crippen LogP contribution in [0.2, 0.25) is 0 Å². The number of carbonyl (C=O) groups excluding carboxylic acids is 2. The Morgan fingerprint density at radius 2 is 1.51 bits per heavy atom. The van der Waals surface area contributed by atoms with Gasteiger partial charge < -0.3 is 14.8 Å². The molecular weight excluding hydrogens is 464 g/mol. The molecule has 0 spiro atoms. The number of nitrogens with one attached hydrogen (secondary N) is 1. The molecule has 0 unspecified atom stereocenters. The van der Waals surface area contributed by atoms with Crippen molar-refractivity contribution in [1.82, 2.24) is 19.7 Å². The molecule has 1 aliphatic rings. The van der Waals surface area contributed by atoms with Gasteiger partial charge >= 0.3 is 0 Å². The van der Waals surface area contributed by atoms with Crippen molar-refractivity contribution in [3.05, 3.63) is 112 Å². The van der Waals surface area contributed by atoms with Gasteiger partial charge in [0, 0.05) is 57.7 Å². The van der Waals surface area contributed by atoms with Gasteiger partial charge in [-0.2, -0.15) is 0 Å². The lowest BCUT2D eigenvalue weighted by molar-refractivity contribution is 0.0648. The lowest BCUT2D eigenvalue weighted by Gasteiger charge is -2.34. The molecule has 2 amide bonds. The molecular formula is C30H34N4O3. The van der Waals surface area contributed by atoms with Gasteiger partial charge in [-0.1, -0.05) is 72.8 Å². The highest BCUT2D eigenvalue weighted by molar-refractivity contribution is 5.99. The van der Waals surface area contributed by atoms with Gasteiger partial charge in [-0.15, -0.1) is 0 Å². The van der Waals surface area contributed by atoms with Gasteiger partial charge in [0.05, 0.1) is 0 Å². The molecule has 7 heteroatoms. The maximum absolute atomic E-state index is 13.5. The van der Waals surface area contributed by atoms with E-state index in [1.165, 1.54) is 0 Å². The Balaban J connectivity index is 1.48. The monoisotopic (exact) mass is 498 g/mol. The Morgan fingerprint density at radius 1 is 0.892 bits per heavy atom. The molecule has 2 aromatic carbocycles. The summed E-state index contributed by atoms with van der Waals surface area (Å²) in [5.41, 5.74) is 1.66. The first-order valence-electron chi connectivity index (χ1n) is 12.7. The molecule has 4 rings (SSSR count). The van der Waals surface area contributed by atoms with Crippen LogP contribution in [0.25, 0.3) is 6.08 Å². The van der Waals surface area contributed by atoms with E-state index >= 15 is 0 Å². The largest absolute Gasteiger partial charge is 0.350 e. The van der Waals surface area contributed by atoms with E-state index in [1.54, 1.807) is 21.9 Å². The molecule has 0 bridgehead atoms. The summed E-state index contributed by atoms with van der Waals surface area (Å²) in [6.07, 6.45) is 7.35. The zero-order valence-corrected chi connectivity index (χ0v) is 21.5. The second-order valence-electron chi connectivity index (χ2n) is 9.61. The molecule has 1 N–H and O–H groups in total. The third kappa shape index (κ3) is 7.05. The lowest BCUT2D eigenvalue weighted by Crippen LogP contribution is -2.49. The molecule has 0 radical (unpaired) electrons. The highest BCUT2D eigenvalue weighted by Gasteiger charge is 2.26. The average molecular weight is 499 g/mol. The molecule has 37 heavy (non-hydrogen) atoms. The van der Waals surface area contributed by atoms with Gasteiger partial charge in [0.2, 0.25) is 5.43 Å². The normalized spacial score (nSPS) is 14.3. The maximum atomic E-state index is 13.5. The van der Waals surface area contributed by atoms with Crippen molar-refractivity contribution < 1.29 is 9.59 Å². The first-order valence-corrected chi connectivity index (χ1v) is 12.7. The Kier molecular flexibility index (Phi) is 8.69. The summed E-state index contributed by atoms with van der Waals surface area (Å²) < 4.78 is 1.75. The van der Waals surface area contributed by atoms with Crippen LogP contribution in [0.3, 0.4) is 0 Å². The minimum atomic E-state index is -0.527. The predicted octanol–water partition coefficient (Wildman–Crippen LogP) is 3.51. The summed E-state index contributed by atoms with van der Waals surface area (Å²) in [7, 11) is 0. The number of amides is 2. The number of hydrogen-bond donors (Lipinski definition) is 1. The summed E-state index contributed by atoms with van der Waals surface area (Å²) in [5.74, 6) is -0.794. The molecule has 3 aromatic rings. The number of rotatable bonds is 8. The first kappa shape index (κ1) is 26.1. The van der Waals surface area contributed by atoms with Gasteiger partial charge in [0.25, 0.3) is 11.8 Å². The van der Waals surface area contributed by atoms with E-state index in [2.05, 4.69) is 34.5 Å². The fourth-order valence-corrected chi connectivity index (χ4v) is 4.38. The van der Waals surface area contributed by atoms with Crippen molar-refractivity contribution in [3.8, 4) is 0 Å². The van der Waals surface area contributed by atoms with Crippen molar-refractivity contribution >= 4 is 17.9 Å². The minimum absolute atomic E-state index is 0.0137. The summed E-state index contributed by atoms with van der Waals surface area (Å²) in [6, 6.07) is 19.8. The van der Waals surface area contributed by atoms with Crippen molar-refractivity contribution in [3.63, 3.8) is 0 Å². The standard InChI is InChI=1S/C30H34N4O3/c1-23(2)31-29(36)26-21-33(20-25-12-7-4-8-13-25)22-27(28(26)35)30(37)34-18-16-32(17-19-34)15-9-14-24-10-5-3-6-11-24/h3-14,21-23H,15-20H2,1-2H3,(H,31,36). The molecule has 1 aromatic heterocycles. The molecule has 0 aliphatic carbocycles. The molecule has 0 saturated carbocycles.